The molecule has 1 N–H and O–H groups in total. The molecule has 0 radical (unpaired) electrons. The molecule has 2 heteroatoms. The third-order valence-electron chi connectivity index (χ3n) is 3.80. The highest BCUT2D eigenvalue weighted by Gasteiger charge is 2.27. The lowest BCUT2D eigenvalue weighted by molar-refractivity contribution is 0.106. The first-order chi connectivity index (χ1) is 9.61. The molecular weight excluding hydrogens is 264 g/mol. The van der Waals surface area contributed by atoms with Gasteiger partial charge in [-0.15, -0.1) is 11.3 Å². The Morgan fingerprint density at radius 1 is 1.05 bits per heavy atom. The van der Waals surface area contributed by atoms with Gasteiger partial charge in [-0.05, 0) is 42.0 Å². The van der Waals surface area contributed by atoms with Gasteiger partial charge in [0.15, 0.2) is 0 Å². The summed E-state index contributed by atoms with van der Waals surface area (Å²) < 4.78 is 1.22. The van der Waals surface area contributed by atoms with E-state index < -0.39 is 5.60 Å². The summed E-state index contributed by atoms with van der Waals surface area (Å²) in [4.78, 5) is 0.993. The maximum Gasteiger partial charge on any atom is 0.121 e. The second kappa shape index (κ2) is 5.04. The predicted octanol–water partition coefficient (Wildman–Crippen LogP) is 4.72. The summed E-state index contributed by atoms with van der Waals surface area (Å²) >= 11 is 1.66. The van der Waals surface area contributed by atoms with Crippen LogP contribution in [0.5, 0.6) is 0 Å². The van der Waals surface area contributed by atoms with Crippen LogP contribution in [0.25, 0.3) is 10.1 Å². The number of thiophene rings is 1. The second-order valence-electron chi connectivity index (χ2n) is 5.27. The minimum Gasteiger partial charge on any atom is -0.380 e. The zero-order chi connectivity index (χ0) is 14.2. The van der Waals surface area contributed by atoms with E-state index >= 15 is 0 Å². The summed E-state index contributed by atoms with van der Waals surface area (Å²) in [5, 5.41) is 12.2. The normalized spacial score (nSPS) is 14.3. The van der Waals surface area contributed by atoms with Crippen LogP contribution in [0.4, 0.5) is 0 Å². The van der Waals surface area contributed by atoms with Crippen molar-refractivity contribution in [3.05, 3.63) is 70.6 Å². The molecule has 0 spiro atoms. The molecule has 3 rings (SSSR count). The topological polar surface area (TPSA) is 20.2 Å². The van der Waals surface area contributed by atoms with Crippen LogP contribution < -0.4 is 0 Å². The highest BCUT2D eigenvalue weighted by atomic mass is 32.1. The molecule has 0 aliphatic carbocycles. The number of hydrogen-bond acceptors (Lipinski definition) is 2. The fraction of sp³-hybridized carbons (Fsp3) is 0.222. The molecule has 3 aromatic rings. The highest BCUT2D eigenvalue weighted by Crippen LogP contribution is 2.37. The Morgan fingerprint density at radius 3 is 2.60 bits per heavy atom. The van der Waals surface area contributed by atoms with Gasteiger partial charge >= 0.3 is 0 Å². The lowest BCUT2D eigenvalue weighted by Gasteiger charge is -2.23. The zero-order valence-corrected chi connectivity index (χ0v) is 12.6. The Balaban J connectivity index is 2.09. The van der Waals surface area contributed by atoms with Crippen LogP contribution in [-0.4, -0.2) is 5.11 Å². The number of benzene rings is 2. The van der Waals surface area contributed by atoms with Crippen LogP contribution in [0, 0.1) is 0 Å². The van der Waals surface area contributed by atoms with Crippen molar-refractivity contribution in [2.24, 2.45) is 0 Å². The first-order valence-electron chi connectivity index (χ1n) is 6.92. The van der Waals surface area contributed by atoms with E-state index in [0.29, 0.717) is 0 Å². The van der Waals surface area contributed by atoms with E-state index in [4.69, 9.17) is 0 Å². The molecule has 1 aromatic heterocycles. The molecule has 0 amide bonds. The Bertz CT molecular complexity index is 707. The maximum absolute atomic E-state index is 11.0. The standard InChI is InChI=1S/C18H18OS/c1-3-13-7-6-9-15(11-13)18(2,19)17-12-14-8-4-5-10-16(14)20-17/h4-12,19H,3H2,1-2H3. The largest absolute Gasteiger partial charge is 0.380 e. The van der Waals surface area contributed by atoms with E-state index in [1.54, 1.807) is 11.3 Å². The van der Waals surface area contributed by atoms with Gasteiger partial charge in [0.05, 0.1) is 0 Å². The van der Waals surface area contributed by atoms with Crippen LogP contribution in [0.3, 0.4) is 0 Å². The van der Waals surface area contributed by atoms with Crippen LogP contribution in [0.2, 0.25) is 0 Å². The van der Waals surface area contributed by atoms with Gasteiger partial charge in [0, 0.05) is 9.58 Å². The van der Waals surface area contributed by atoms with E-state index in [0.717, 1.165) is 16.9 Å². The van der Waals surface area contributed by atoms with Crippen molar-refractivity contribution in [2.75, 3.05) is 0 Å². The van der Waals surface area contributed by atoms with Crippen LogP contribution >= 0.6 is 11.3 Å². The van der Waals surface area contributed by atoms with Gasteiger partial charge in [0.2, 0.25) is 0 Å². The molecule has 0 bridgehead atoms. The predicted molar refractivity (Wildman–Crippen MR) is 86.3 cm³/mol. The van der Waals surface area contributed by atoms with Crippen LogP contribution in [-0.2, 0) is 12.0 Å². The third-order valence-corrected chi connectivity index (χ3v) is 5.13. The van der Waals surface area contributed by atoms with Gasteiger partial charge in [-0.3, -0.25) is 0 Å². The zero-order valence-electron chi connectivity index (χ0n) is 11.8. The smallest absolute Gasteiger partial charge is 0.121 e. The van der Waals surface area contributed by atoms with Crippen molar-refractivity contribution in [2.45, 2.75) is 25.9 Å². The van der Waals surface area contributed by atoms with Crippen molar-refractivity contribution in [3.8, 4) is 0 Å². The summed E-state index contributed by atoms with van der Waals surface area (Å²) in [6, 6.07) is 18.6. The number of aliphatic hydroxyl groups is 1. The molecule has 0 saturated carbocycles. The molecule has 102 valence electrons. The first kappa shape index (κ1) is 13.3. The molecule has 0 fully saturated rings. The Hall–Kier alpha value is -1.64. The minimum atomic E-state index is -0.936. The molecule has 0 aliphatic heterocycles. The van der Waals surface area contributed by atoms with Crippen molar-refractivity contribution < 1.29 is 5.11 Å². The number of aryl methyl sites for hydroxylation is 1. The summed E-state index contributed by atoms with van der Waals surface area (Å²) in [7, 11) is 0. The van der Waals surface area contributed by atoms with Crippen molar-refractivity contribution in [3.63, 3.8) is 0 Å². The van der Waals surface area contributed by atoms with Gasteiger partial charge < -0.3 is 5.11 Å². The monoisotopic (exact) mass is 282 g/mol. The lowest BCUT2D eigenvalue weighted by Crippen LogP contribution is -2.21. The minimum absolute atomic E-state index is 0.936. The fourth-order valence-electron chi connectivity index (χ4n) is 2.46. The summed E-state index contributed by atoms with van der Waals surface area (Å²) in [6.45, 7) is 4.01. The lowest BCUT2D eigenvalue weighted by atomic mass is 9.92. The number of fused-ring (bicyclic) bond motifs is 1. The molecule has 20 heavy (non-hydrogen) atoms. The van der Waals surface area contributed by atoms with E-state index in [9.17, 15) is 5.11 Å². The van der Waals surface area contributed by atoms with Gasteiger partial charge in [-0.1, -0.05) is 49.4 Å². The number of rotatable bonds is 3. The van der Waals surface area contributed by atoms with E-state index in [1.165, 1.54) is 15.6 Å². The maximum atomic E-state index is 11.0. The fourth-order valence-corrected chi connectivity index (χ4v) is 3.59. The molecule has 2 aromatic carbocycles. The quantitative estimate of drug-likeness (QED) is 0.737. The summed E-state index contributed by atoms with van der Waals surface area (Å²) in [5.74, 6) is 0. The highest BCUT2D eigenvalue weighted by molar-refractivity contribution is 7.19. The van der Waals surface area contributed by atoms with Gasteiger partial charge in [-0.25, -0.2) is 0 Å². The van der Waals surface area contributed by atoms with E-state index in [1.807, 2.05) is 31.2 Å². The van der Waals surface area contributed by atoms with Gasteiger partial charge in [-0.2, -0.15) is 0 Å². The average molecular weight is 282 g/mol. The van der Waals surface area contributed by atoms with Crippen molar-refractivity contribution in [1.82, 2.24) is 0 Å². The first-order valence-corrected chi connectivity index (χ1v) is 7.74. The molecule has 1 heterocycles. The third kappa shape index (κ3) is 2.26. The van der Waals surface area contributed by atoms with Crippen LogP contribution in [0.1, 0.15) is 29.9 Å². The average Bonchev–Trinajstić information content (AvgIpc) is 2.92. The molecular formula is C18H18OS. The van der Waals surface area contributed by atoms with Crippen LogP contribution in [0.15, 0.2) is 54.6 Å². The van der Waals surface area contributed by atoms with Crippen molar-refractivity contribution in [1.29, 1.82) is 0 Å². The SMILES string of the molecule is CCc1cccc(C(C)(O)c2cc3ccccc3s2)c1. The Labute approximate surface area is 123 Å². The summed E-state index contributed by atoms with van der Waals surface area (Å²) in [5.41, 5.74) is 1.28. The molecule has 0 saturated heterocycles. The van der Waals surface area contributed by atoms with E-state index in [2.05, 4.69) is 37.3 Å². The molecule has 1 atom stereocenters. The van der Waals surface area contributed by atoms with Crippen molar-refractivity contribution >= 4 is 21.4 Å². The molecule has 1 unspecified atom stereocenters. The Morgan fingerprint density at radius 2 is 1.85 bits per heavy atom. The molecule has 1 nitrogen and oxygen atoms in total. The number of hydrogen-bond donors (Lipinski definition) is 1. The second-order valence-corrected chi connectivity index (χ2v) is 6.36. The summed E-state index contributed by atoms with van der Waals surface area (Å²) in [6.07, 6.45) is 0.982. The van der Waals surface area contributed by atoms with E-state index in [-0.39, 0.29) is 0 Å². The van der Waals surface area contributed by atoms with Gasteiger partial charge in [0.1, 0.15) is 5.60 Å². The van der Waals surface area contributed by atoms with Gasteiger partial charge in [0.25, 0.3) is 0 Å². The molecule has 0 aliphatic rings. The Kier molecular flexibility index (Phi) is 3.36.